The molecule has 10 heteroatoms. The third-order valence-corrected chi connectivity index (χ3v) is 9.70. The summed E-state index contributed by atoms with van der Waals surface area (Å²) in [5.41, 5.74) is 3.40. The first-order valence-electron chi connectivity index (χ1n) is 12.2. The van der Waals surface area contributed by atoms with Gasteiger partial charge in [-0.05, 0) is 89.7 Å². The maximum absolute atomic E-state index is 13.5. The average molecular weight is 571 g/mol. The number of rotatable bonds is 6. The fourth-order valence-electron chi connectivity index (χ4n) is 5.17. The molecule has 0 saturated carbocycles. The van der Waals surface area contributed by atoms with E-state index in [9.17, 15) is 26.4 Å². The second-order valence-corrected chi connectivity index (χ2v) is 12.5. The number of carbonyl (C=O) groups excluding carboxylic acids is 1. The molecule has 1 heterocycles. The predicted molar refractivity (Wildman–Crippen MR) is 147 cm³/mol. The predicted octanol–water partition coefficient (Wildman–Crippen LogP) is 6.75. The molecule has 2 N–H and O–H groups in total. The summed E-state index contributed by atoms with van der Waals surface area (Å²) in [6.45, 7) is 2.83. The number of alkyl halides is 3. The largest absolute Gasteiger partial charge is 0.416 e. The molecule has 4 aromatic rings. The third kappa shape index (κ3) is 5.63. The van der Waals surface area contributed by atoms with E-state index in [1.165, 1.54) is 26.0 Å². The topological polar surface area (TPSA) is 75.3 Å². The van der Waals surface area contributed by atoms with Crippen LogP contribution in [0.25, 0.3) is 11.1 Å². The molecule has 0 unspecified atom stereocenters. The third-order valence-electron chi connectivity index (χ3n) is 6.78. The van der Waals surface area contributed by atoms with Gasteiger partial charge in [0.2, 0.25) is 10.0 Å². The summed E-state index contributed by atoms with van der Waals surface area (Å²) < 4.78 is 68.6. The Balaban J connectivity index is 1.35. The smallest absolute Gasteiger partial charge is 0.322 e. The van der Waals surface area contributed by atoms with Crippen molar-refractivity contribution in [2.75, 3.05) is 5.32 Å². The highest BCUT2D eigenvalue weighted by atomic mass is 32.2. The molecular formula is C29H25F3N2O3S2. The van der Waals surface area contributed by atoms with Crippen LogP contribution in [-0.2, 0) is 29.0 Å². The van der Waals surface area contributed by atoms with E-state index in [0.29, 0.717) is 35.2 Å². The van der Waals surface area contributed by atoms with E-state index in [1.54, 1.807) is 47.8 Å². The van der Waals surface area contributed by atoms with E-state index < -0.39 is 27.7 Å². The van der Waals surface area contributed by atoms with E-state index in [0.717, 1.165) is 22.5 Å². The Morgan fingerprint density at radius 2 is 1.62 bits per heavy atom. The van der Waals surface area contributed by atoms with Crippen molar-refractivity contribution in [3.8, 4) is 11.1 Å². The van der Waals surface area contributed by atoms with Crippen molar-refractivity contribution in [3.63, 3.8) is 0 Å². The number of anilines is 1. The van der Waals surface area contributed by atoms with Gasteiger partial charge in [-0.15, -0.1) is 11.3 Å². The molecule has 1 amide bonds. The zero-order chi connectivity index (χ0) is 27.9. The normalized spacial score (nSPS) is 15.3. The lowest BCUT2D eigenvalue weighted by Gasteiger charge is -2.17. The molecular weight excluding hydrogens is 545 g/mol. The summed E-state index contributed by atoms with van der Waals surface area (Å²) in [4.78, 5) is 13.3. The van der Waals surface area contributed by atoms with Crippen LogP contribution in [0.15, 0.2) is 76.3 Å². The second-order valence-electron chi connectivity index (χ2n) is 9.62. The summed E-state index contributed by atoms with van der Waals surface area (Å²) in [6.07, 6.45) is -3.42. The molecule has 1 atom stereocenters. The SMILES string of the molecule is Cc1cc(-c2ccccc2C(=O)Nc2ccc3c(c2)C[C@@H](NS(=O)(=O)c2cccs2)C3)cc(C)c1C(F)(F)F. The van der Waals surface area contributed by atoms with Crippen LogP contribution in [0.5, 0.6) is 0 Å². The fourth-order valence-corrected chi connectivity index (χ4v) is 7.42. The van der Waals surface area contributed by atoms with Gasteiger partial charge in [0, 0.05) is 17.3 Å². The Bertz CT molecular complexity index is 1640. The average Bonchev–Trinajstić information content (AvgIpc) is 3.52. The number of carbonyl (C=O) groups is 1. The van der Waals surface area contributed by atoms with Gasteiger partial charge < -0.3 is 5.32 Å². The molecule has 5 rings (SSSR count). The van der Waals surface area contributed by atoms with Crippen molar-refractivity contribution in [2.24, 2.45) is 0 Å². The van der Waals surface area contributed by atoms with Crippen LogP contribution in [0.2, 0.25) is 0 Å². The van der Waals surface area contributed by atoms with Gasteiger partial charge in [0.1, 0.15) is 4.21 Å². The van der Waals surface area contributed by atoms with Crippen molar-refractivity contribution < 1.29 is 26.4 Å². The fraction of sp³-hybridized carbons (Fsp3) is 0.207. The monoisotopic (exact) mass is 570 g/mol. The van der Waals surface area contributed by atoms with Gasteiger partial charge in [0.15, 0.2) is 0 Å². The number of nitrogens with one attached hydrogen (secondary N) is 2. The molecule has 0 radical (unpaired) electrons. The number of sulfonamides is 1. The number of hydrogen-bond donors (Lipinski definition) is 2. The minimum Gasteiger partial charge on any atom is -0.322 e. The van der Waals surface area contributed by atoms with Gasteiger partial charge in [0.25, 0.3) is 5.91 Å². The molecule has 39 heavy (non-hydrogen) atoms. The van der Waals surface area contributed by atoms with Crippen LogP contribution in [0.1, 0.15) is 38.2 Å². The summed E-state index contributed by atoms with van der Waals surface area (Å²) in [6, 6.07) is 18.1. The van der Waals surface area contributed by atoms with Crippen LogP contribution in [0.4, 0.5) is 18.9 Å². The highest BCUT2D eigenvalue weighted by molar-refractivity contribution is 7.91. The molecule has 0 bridgehead atoms. The second kappa shape index (κ2) is 10.3. The first-order valence-corrected chi connectivity index (χ1v) is 14.6. The van der Waals surface area contributed by atoms with Gasteiger partial charge in [-0.1, -0.05) is 42.5 Å². The summed E-state index contributed by atoms with van der Waals surface area (Å²) in [5.74, 6) is -0.395. The van der Waals surface area contributed by atoms with Crippen molar-refractivity contribution in [2.45, 2.75) is 43.1 Å². The molecule has 3 aromatic carbocycles. The Hall–Kier alpha value is -3.47. The molecule has 0 saturated heterocycles. The number of aryl methyl sites for hydroxylation is 2. The van der Waals surface area contributed by atoms with Crippen molar-refractivity contribution in [1.29, 1.82) is 0 Å². The van der Waals surface area contributed by atoms with Gasteiger partial charge in [-0.3, -0.25) is 4.79 Å². The maximum atomic E-state index is 13.5. The molecule has 1 aromatic heterocycles. The van der Waals surface area contributed by atoms with E-state index in [-0.39, 0.29) is 21.4 Å². The van der Waals surface area contributed by atoms with Gasteiger partial charge >= 0.3 is 6.18 Å². The summed E-state index contributed by atoms with van der Waals surface area (Å²) in [5, 5.41) is 4.61. The number of halogens is 3. The number of thiophene rings is 1. The lowest BCUT2D eigenvalue weighted by atomic mass is 9.92. The van der Waals surface area contributed by atoms with Gasteiger partial charge in [-0.2, -0.15) is 13.2 Å². The molecule has 5 nitrogen and oxygen atoms in total. The lowest BCUT2D eigenvalue weighted by molar-refractivity contribution is -0.138. The Kier molecular flexibility index (Phi) is 7.13. The van der Waals surface area contributed by atoms with Crippen LogP contribution in [0, 0.1) is 13.8 Å². The first kappa shape index (κ1) is 27.1. The van der Waals surface area contributed by atoms with E-state index >= 15 is 0 Å². The summed E-state index contributed by atoms with van der Waals surface area (Å²) in [7, 11) is -3.60. The Morgan fingerprint density at radius 3 is 2.28 bits per heavy atom. The molecule has 0 fully saturated rings. The van der Waals surface area contributed by atoms with Gasteiger partial charge in [-0.25, -0.2) is 13.1 Å². The highest BCUT2D eigenvalue weighted by Crippen LogP contribution is 2.37. The number of fused-ring (bicyclic) bond motifs is 1. The molecule has 1 aliphatic rings. The summed E-state index contributed by atoms with van der Waals surface area (Å²) >= 11 is 1.16. The molecule has 1 aliphatic carbocycles. The van der Waals surface area contributed by atoms with E-state index in [2.05, 4.69) is 10.0 Å². The molecule has 0 spiro atoms. The Labute approximate surface area is 228 Å². The number of hydrogen-bond acceptors (Lipinski definition) is 4. The minimum atomic E-state index is -4.46. The van der Waals surface area contributed by atoms with Crippen LogP contribution in [0.3, 0.4) is 0 Å². The van der Waals surface area contributed by atoms with Gasteiger partial charge in [0.05, 0.1) is 5.56 Å². The van der Waals surface area contributed by atoms with Crippen LogP contribution < -0.4 is 10.0 Å². The minimum absolute atomic E-state index is 0.0931. The van der Waals surface area contributed by atoms with Crippen molar-refractivity contribution in [3.05, 3.63) is 105 Å². The lowest BCUT2D eigenvalue weighted by Crippen LogP contribution is -2.34. The standard InChI is InChI=1S/C29H25F3N2O3S2/c1-17-12-21(13-18(2)27(17)29(30,31)32)24-6-3-4-7-25(24)28(35)33-22-10-9-19-14-23(16-20(19)15-22)34-39(36,37)26-8-5-11-38-26/h3-13,15,23,34H,14,16H2,1-2H3,(H,33,35)/t23-/m0/s1. The maximum Gasteiger partial charge on any atom is 0.416 e. The van der Waals surface area contributed by atoms with Crippen molar-refractivity contribution >= 4 is 33.0 Å². The number of benzene rings is 3. The van der Waals surface area contributed by atoms with E-state index in [4.69, 9.17) is 0 Å². The zero-order valence-electron chi connectivity index (χ0n) is 21.1. The first-order chi connectivity index (χ1) is 18.4. The van der Waals surface area contributed by atoms with Crippen molar-refractivity contribution in [1.82, 2.24) is 4.72 Å². The van der Waals surface area contributed by atoms with E-state index in [1.807, 2.05) is 12.1 Å². The van der Waals surface area contributed by atoms with Crippen LogP contribution in [-0.4, -0.2) is 20.4 Å². The zero-order valence-corrected chi connectivity index (χ0v) is 22.7. The Morgan fingerprint density at radius 1 is 0.923 bits per heavy atom. The highest BCUT2D eigenvalue weighted by Gasteiger charge is 2.34. The van der Waals surface area contributed by atoms with Crippen LogP contribution >= 0.6 is 11.3 Å². The quantitative estimate of drug-likeness (QED) is 0.269. The number of amides is 1. The molecule has 0 aliphatic heterocycles. The molecule has 202 valence electrons.